The SMILES string of the molecule is Cc1cccc(NC2CCN(C(=O)CCc3ccc(C)o3)CC2)n1. The highest BCUT2D eigenvalue weighted by Crippen LogP contribution is 2.17. The van der Waals surface area contributed by atoms with Crippen molar-refractivity contribution in [2.45, 2.75) is 45.6 Å². The van der Waals surface area contributed by atoms with Gasteiger partial charge < -0.3 is 14.6 Å². The van der Waals surface area contributed by atoms with E-state index in [1.807, 2.05) is 49.1 Å². The number of likely N-dealkylation sites (tertiary alicyclic amines) is 1. The van der Waals surface area contributed by atoms with Gasteiger partial charge in [0.25, 0.3) is 0 Å². The number of carbonyl (C=O) groups excluding carboxylic acids is 1. The lowest BCUT2D eigenvalue weighted by Gasteiger charge is -2.32. The molecule has 1 aliphatic rings. The van der Waals surface area contributed by atoms with Crippen LogP contribution in [0.1, 0.15) is 36.5 Å². The molecule has 0 aliphatic carbocycles. The second-order valence-electron chi connectivity index (χ2n) is 6.48. The minimum Gasteiger partial charge on any atom is -0.466 e. The number of nitrogens with zero attached hydrogens (tertiary/aromatic N) is 2. The number of hydrogen-bond acceptors (Lipinski definition) is 4. The van der Waals surface area contributed by atoms with Crippen LogP contribution in [0.3, 0.4) is 0 Å². The molecule has 0 spiro atoms. The van der Waals surface area contributed by atoms with E-state index in [2.05, 4.69) is 10.3 Å². The number of amides is 1. The molecule has 0 bridgehead atoms. The van der Waals surface area contributed by atoms with Crippen molar-refractivity contribution in [2.24, 2.45) is 0 Å². The Morgan fingerprint density at radius 1 is 1.25 bits per heavy atom. The minimum atomic E-state index is 0.219. The number of furan rings is 1. The summed E-state index contributed by atoms with van der Waals surface area (Å²) >= 11 is 0. The van der Waals surface area contributed by atoms with Crippen LogP contribution in [0.4, 0.5) is 5.82 Å². The van der Waals surface area contributed by atoms with Crippen molar-refractivity contribution in [3.63, 3.8) is 0 Å². The molecule has 1 N–H and O–H groups in total. The number of aryl methyl sites for hydroxylation is 3. The van der Waals surface area contributed by atoms with Gasteiger partial charge in [0.05, 0.1) is 0 Å². The van der Waals surface area contributed by atoms with Crippen molar-refractivity contribution >= 4 is 11.7 Å². The Kier molecular flexibility index (Phi) is 5.18. The van der Waals surface area contributed by atoms with Crippen molar-refractivity contribution in [2.75, 3.05) is 18.4 Å². The highest BCUT2D eigenvalue weighted by molar-refractivity contribution is 5.76. The maximum atomic E-state index is 12.3. The maximum Gasteiger partial charge on any atom is 0.223 e. The van der Waals surface area contributed by atoms with Crippen LogP contribution in [-0.4, -0.2) is 34.9 Å². The number of nitrogens with one attached hydrogen (secondary N) is 1. The zero-order valence-corrected chi connectivity index (χ0v) is 14.4. The predicted octanol–water partition coefficient (Wildman–Crippen LogP) is 3.33. The van der Waals surface area contributed by atoms with E-state index >= 15 is 0 Å². The lowest BCUT2D eigenvalue weighted by Crippen LogP contribution is -2.42. The van der Waals surface area contributed by atoms with Gasteiger partial charge in [-0.2, -0.15) is 0 Å². The molecule has 2 aromatic rings. The molecule has 1 amide bonds. The average Bonchev–Trinajstić information content (AvgIpc) is 2.99. The Morgan fingerprint density at radius 2 is 2.04 bits per heavy atom. The van der Waals surface area contributed by atoms with E-state index in [0.717, 1.165) is 49.0 Å². The molecule has 0 saturated carbocycles. The third kappa shape index (κ3) is 4.37. The molecule has 0 atom stereocenters. The van der Waals surface area contributed by atoms with Gasteiger partial charge in [0.2, 0.25) is 5.91 Å². The minimum absolute atomic E-state index is 0.219. The van der Waals surface area contributed by atoms with Gasteiger partial charge >= 0.3 is 0 Å². The van der Waals surface area contributed by atoms with Crippen molar-refractivity contribution in [1.29, 1.82) is 0 Å². The Bertz CT molecular complexity index is 687. The number of aromatic nitrogens is 1. The normalized spacial score (nSPS) is 15.5. The molecule has 3 rings (SSSR count). The molecular weight excluding hydrogens is 302 g/mol. The van der Waals surface area contributed by atoms with Crippen LogP contribution in [0.5, 0.6) is 0 Å². The van der Waals surface area contributed by atoms with Gasteiger partial charge in [-0.15, -0.1) is 0 Å². The van der Waals surface area contributed by atoms with Crippen LogP contribution in [0.2, 0.25) is 0 Å². The van der Waals surface area contributed by atoms with Crippen molar-refractivity contribution in [3.8, 4) is 0 Å². The van der Waals surface area contributed by atoms with E-state index in [4.69, 9.17) is 4.42 Å². The lowest BCUT2D eigenvalue weighted by atomic mass is 10.0. The van der Waals surface area contributed by atoms with E-state index < -0.39 is 0 Å². The van der Waals surface area contributed by atoms with E-state index in [1.54, 1.807) is 0 Å². The number of carbonyl (C=O) groups is 1. The zero-order chi connectivity index (χ0) is 16.9. The van der Waals surface area contributed by atoms with E-state index in [0.29, 0.717) is 18.9 Å². The van der Waals surface area contributed by atoms with Gasteiger partial charge in [0, 0.05) is 37.7 Å². The largest absolute Gasteiger partial charge is 0.466 e. The third-order valence-electron chi connectivity index (χ3n) is 4.47. The van der Waals surface area contributed by atoms with Crippen molar-refractivity contribution in [1.82, 2.24) is 9.88 Å². The molecule has 5 nitrogen and oxygen atoms in total. The fourth-order valence-electron chi connectivity index (χ4n) is 3.11. The van der Waals surface area contributed by atoms with Crippen LogP contribution < -0.4 is 5.32 Å². The number of hydrogen-bond donors (Lipinski definition) is 1. The Morgan fingerprint density at radius 3 is 2.71 bits per heavy atom. The van der Waals surface area contributed by atoms with Gasteiger partial charge in [-0.3, -0.25) is 4.79 Å². The molecule has 24 heavy (non-hydrogen) atoms. The summed E-state index contributed by atoms with van der Waals surface area (Å²) in [6.45, 7) is 5.53. The standard InChI is InChI=1S/C19H25N3O2/c1-14-4-3-5-18(20-14)21-16-10-12-22(13-11-16)19(23)9-8-17-7-6-15(2)24-17/h3-7,16H,8-13H2,1-2H3,(H,20,21). The molecule has 0 unspecified atom stereocenters. The summed E-state index contributed by atoms with van der Waals surface area (Å²) in [6.07, 6.45) is 3.12. The number of pyridine rings is 1. The number of piperidine rings is 1. The highest BCUT2D eigenvalue weighted by atomic mass is 16.3. The molecule has 1 aliphatic heterocycles. The van der Waals surface area contributed by atoms with Crippen LogP contribution in [0, 0.1) is 13.8 Å². The Labute approximate surface area is 143 Å². The smallest absolute Gasteiger partial charge is 0.223 e. The van der Waals surface area contributed by atoms with Crippen LogP contribution in [-0.2, 0) is 11.2 Å². The molecule has 128 valence electrons. The molecule has 0 aromatic carbocycles. The zero-order valence-electron chi connectivity index (χ0n) is 14.4. The lowest BCUT2D eigenvalue weighted by molar-refractivity contribution is -0.132. The molecule has 5 heteroatoms. The van der Waals surface area contributed by atoms with Gasteiger partial charge in [0.1, 0.15) is 17.3 Å². The summed E-state index contributed by atoms with van der Waals surface area (Å²) < 4.78 is 5.53. The average molecular weight is 327 g/mol. The van der Waals surface area contributed by atoms with E-state index in [-0.39, 0.29) is 5.91 Å². The summed E-state index contributed by atoms with van der Waals surface area (Å²) in [6, 6.07) is 10.3. The first-order valence-electron chi connectivity index (χ1n) is 8.63. The molecule has 3 heterocycles. The molecule has 2 aromatic heterocycles. The summed E-state index contributed by atoms with van der Waals surface area (Å²) in [4.78, 5) is 18.8. The van der Waals surface area contributed by atoms with Gasteiger partial charge in [0.15, 0.2) is 0 Å². The van der Waals surface area contributed by atoms with Gasteiger partial charge in [-0.1, -0.05) is 6.07 Å². The van der Waals surface area contributed by atoms with E-state index in [1.165, 1.54) is 0 Å². The number of rotatable bonds is 5. The third-order valence-corrected chi connectivity index (χ3v) is 4.47. The monoisotopic (exact) mass is 327 g/mol. The second kappa shape index (κ2) is 7.51. The predicted molar refractivity (Wildman–Crippen MR) is 94.0 cm³/mol. The summed E-state index contributed by atoms with van der Waals surface area (Å²) in [7, 11) is 0. The summed E-state index contributed by atoms with van der Waals surface area (Å²) in [5.74, 6) is 2.93. The molecule has 0 radical (unpaired) electrons. The van der Waals surface area contributed by atoms with Crippen molar-refractivity contribution in [3.05, 3.63) is 47.5 Å². The summed E-state index contributed by atoms with van der Waals surface area (Å²) in [5, 5.41) is 3.48. The molecular formula is C19H25N3O2. The molecule has 1 fully saturated rings. The fourth-order valence-corrected chi connectivity index (χ4v) is 3.11. The second-order valence-corrected chi connectivity index (χ2v) is 6.48. The first-order valence-corrected chi connectivity index (χ1v) is 8.63. The van der Waals surface area contributed by atoms with Crippen LogP contribution >= 0.6 is 0 Å². The quantitative estimate of drug-likeness (QED) is 0.915. The van der Waals surface area contributed by atoms with E-state index in [9.17, 15) is 4.79 Å². The van der Waals surface area contributed by atoms with Gasteiger partial charge in [-0.05, 0) is 51.0 Å². The highest BCUT2D eigenvalue weighted by Gasteiger charge is 2.22. The Balaban J connectivity index is 1.43. The summed E-state index contributed by atoms with van der Waals surface area (Å²) in [5.41, 5.74) is 1.01. The maximum absolute atomic E-state index is 12.3. The first-order chi connectivity index (χ1) is 11.6. The Hall–Kier alpha value is -2.30. The fraction of sp³-hybridized carbons (Fsp3) is 0.474. The van der Waals surface area contributed by atoms with Crippen LogP contribution in [0.25, 0.3) is 0 Å². The molecule has 1 saturated heterocycles. The number of anilines is 1. The first kappa shape index (κ1) is 16.6. The van der Waals surface area contributed by atoms with Gasteiger partial charge in [-0.25, -0.2) is 4.98 Å². The van der Waals surface area contributed by atoms with Crippen molar-refractivity contribution < 1.29 is 9.21 Å². The van der Waals surface area contributed by atoms with Crippen LogP contribution in [0.15, 0.2) is 34.7 Å². The topological polar surface area (TPSA) is 58.4 Å².